The number of carbonyl (C=O) groups excluding carboxylic acids is 1. The van der Waals surface area contributed by atoms with Gasteiger partial charge in [0.2, 0.25) is 0 Å². The van der Waals surface area contributed by atoms with Crippen molar-refractivity contribution in [2.45, 2.75) is 38.0 Å². The number of piperidine rings is 1. The molecule has 22 heavy (non-hydrogen) atoms. The Hall–Kier alpha value is -1.43. The topological polar surface area (TPSA) is 61.8 Å². The largest absolute Gasteiger partial charge is 0.444 e. The van der Waals surface area contributed by atoms with E-state index >= 15 is 0 Å². The van der Waals surface area contributed by atoms with Crippen molar-refractivity contribution in [3.63, 3.8) is 0 Å². The molecule has 2 N–H and O–H groups in total. The summed E-state index contributed by atoms with van der Waals surface area (Å²) >= 11 is 0. The summed E-state index contributed by atoms with van der Waals surface area (Å²) in [7, 11) is 0. The van der Waals surface area contributed by atoms with Gasteiger partial charge >= 0.3 is 0 Å². The summed E-state index contributed by atoms with van der Waals surface area (Å²) in [5.41, 5.74) is 1.02. The first-order valence-electron chi connectivity index (χ1n) is 8.07. The number of rotatable bonds is 9. The second kappa shape index (κ2) is 9.56. The smallest absolute Gasteiger partial charge is 0.294 e. The summed E-state index contributed by atoms with van der Waals surface area (Å²) in [6.45, 7) is 3.58. The van der Waals surface area contributed by atoms with Gasteiger partial charge in [0.1, 0.15) is 0 Å². The van der Waals surface area contributed by atoms with Crippen LogP contribution in [0.1, 0.15) is 37.5 Å². The van der Waals surface area contributed by atoms with Gasteiger partial charge in [-0.2, -0.15) is 0 Å². The molecule has 0 aromatic heterocycles. The number of aliphatic hydroxyl groups excluding tert-OH is 1. The van der Waals surface area contributed by atoms with E-state index < -0.39 is 0 Å². The minimum absolute atomic E-state index is 0.266. The third-order valence-corrected chi connectivity index (χ3v) is 4.15. The molecule has 0 bridgehead atoms. The fraction of sp³-hybridized carbons (Fsp3) is 0.588. The lowest BCUT2D eigenvalue weighted by Gasteiger charge is -2.36. The lowest BCUT2D eigenvalue weighted by atomic mass is 10.0. The molecule has 0 aliphatic carbocycles. The highest BCUT2D eigenvalue weighted by Crippen LogP contribution is 2.25. The maximum atomic E-state index is 10.8. The molecule has 1 unspecified atom stereocenters. The van der Waals surface area contributed by atoms with Crippen molar-refractivity contribution in [1.29, 1.82) is 0 Å². The van der Waals surface area contributed by atoms with Gasteiger partial charge < -0.3 is 15.2 Å². The minimum atomic E-state index is -0.283. The first kappa shape index (κ1) is 16.9. The van der Waals surface area contributed by atoms with Crippen molar-refractivity contribution >= 4 is 6.47 Å². The third-order valence-electron chi connectivity index (χ3n) is 4.15. The second-order valence-electron chi connectivity index (χ2n) is 5.69. The molecule has 1 aliphatic rings. The third kappa shape index (κ3) is 5.09. The van der Waals surface area contributed by atoms with Gasteiger partial charge in [0.25, 0.3) is 6.47 Å². The van der Waals surface area contributed by atoms with Crippen molar-refractivity contribution in [3.05, 3.63) is 35.9 Å². The van der Waals surface area contributed by atoms with Gasteiger partial charge in [-0.25, -0.2) is 0 Å². The van der Waals surface area contributed by atoms with Gasteiger partial charge in [0.05, 0.1) is 0 Å². The second-order valence-corrected chi connectivity index (χ2v) is 5.69. The summed E-state index contributed by atoms with van der Waals surface area (Å²) in [5.74, 6) is 0. The van der Waals surface area contributed by atoms with Gasteiger partial charge in [-0.05, 0) is 32.2 Å². The summed E-state index contributed by atoms with van der Waals surface area (Å²) in [6.07, 6.45) is 3.68. The number of hydrogen-bond acceptors (Lipinski definition) is 5. The number of unbranched alkanes of at least 4 members (excludes halogenated alkanes) is 1. The van der Waals surface area contributed by atoms with E-state index in [-0.39, 0.29) is 12.8 Å². The molecule has 1 aromatic carbocycles. The van der Waals surface area contributed by atoms with Gasteiger partial charge in [-0.1, -0.05) is 30.3 Å². The first-order valence-corrected chi connectivity index (χ1v) is 8.07. The Labute approximate surface area is 132 Å². The number of nitrogens with zero attached hydrogens (tertiary/aromatic N) is 1. The summed E-state index contributed by atoms with van der Waals surface area (Å²) in [4.78, 5) is 13.0. The molecule has 5 nitrogen and oxygen atoms in total. The number of benzene rings is 1. The van der Waals surface area contributed by atoms with Gasteiger partial charge in [-0.15, -0.1) is 0 Å². The van der Waals surface area contributed by atoms with Crippen LogP contribution in [0.15, 0.2) is 30.3 Å². The molecule has 2 rings (SSSR count). The monoisotopic (exact) mass is 306 g/mol. The Morgan fingerprint density at radius 1 is 1.27 bits per heavy atom. The predicted molar refractivity (Wildman–Crippen MR) is 85.2 cm³/mol. The van der Waals surface area contributed by atoms with E-state index in [0.29, 0.717) is 12.5 Å². The molecular formula is C17H26N2O3. The van der Waals surface area contributed by atoms with Gasteiger partial charge in [-0.3, -0.25) is 9.69 Å². The van der Waals surface area contributed by atoms with E-state index in [2.05, 4.69) is 10.2 Å². The van der Waals surface area contributed by atoms with Crippen LogP contribution in [0.2, 0.25) is 0 Å². The van der Waals surface area contributed by atoms with Crippen molar-refractivity contribution in [3.8, 4) is 0 Å². The highest BCUT2D eigenvalue weighted by atomic mass is 16.5. The molecule has 0 amide bonds. The van der Waals surface area contributed by atoms with Crippen LogP contribution in [0, 0.1) is 0 Å². The normalized spacial score (nSPS) is 18.0. The summed E-state index contributed by atoms with van der Waals surface area (Å²) in [6, 6.07) is 10.4. The molecule has 0 saturated carbocycles. The zero-order chi connectivity index (χ0) is 15.6. The number of likely N-dealkylation sites (tertiary alicyclic amines) is 1. The lowest BCUT2D eigenvalue weighted by molar-refractivity contribution is -0.145. The quantitative estimate of drug-likeness (QED) is 0.537. The molecule has 1 fully saturated rings. The van der Waals surface area contributed by atoms with Crippen LogP contribution >= 0.6 is 0 Å². The highest BCUT2D eigenvalue weighted by Gasteiger charge is 2.26. The van der Waals surface area contributed by atoms with E-state index in [9.17, 15) is 4.79 Å². The maximum absolute atomic E-state index is 10.8. The van der Waals surface area contributed by atoms with Crippen LogP contribution in [0.3, 0.4) is 0 Å². The highest BCUT2D eigenvalue weighted by molar-refractivity contribution is 5.38. The van der Waals surface area contributed by atoms with E-state index in [4.69, 9.17) is 9.84 Å². The minimum Gasteiger partial charge on any atom is -0.444 e. The van der Waals surface area contributed by atoms with Crippen molar-refractivity contribution in [2.75, 3.05) is 26.2 Å². The van der Waals surface area contributed by atoms with Crippen LogP contribution in [0.25, 0.3) is 0 Å². The number of nitrogens with one attached hydrogen (secondary N) is 1. The molecule has 0 radical (unpaired) electrons. The fourth-order valence-electron chi connectivity index (χ4n) is 2.93. The van der Waals surface area contributed by atoms with Crippen LogP contribution in [0.5, 0.6) is 0 Å². The lowest BCUT2D eigenvalue weighted by Crippen LogP contribution is -2.44. The maximum Gasteiger partial charge on any atom is 0.294 e. The Kier molecular flexibility index (Phi) is 7.36. The summed E-state index contributed by atoms with van der Waals surface area (Å²) < 4.78 is 5.31. The van der Waals surface area contributed by atoms with Crippen LogP contribution in [-0.2, 0) is 9.53 Å². The van der Waals surface area contributed by atoms with Gasteiger partial charge in [0, 0.05) is 31.3 Å². The Balaban J connectivity index is 1.82. The molecule has 0 spiro atoms. The number of hydrogen-bond donors (Lipinski definition) is 2. The van der Waals surface area contributed by atoms with Crippen LogP contribution < -0.4 is 5.32 Å². The SMILES string of the molecule is O=COC(c1ccccc1)N1CCC(NCCCCO)CC1. The zero-order valence-corrected chi connectivity index (χ0v) is 13.0. The van der Waals surface area contributed by atoms with E-state index in [1.165, 1.54) is 0 Å². The van der Waals surface area contributed by atoms with E-state index in [1.54, 1.807) is 0 Å². The molecule has 122 valence electrons. The molecule has 1 atom stereocenters. The molecule has 5 heteroatoms. The standard InChI is InChI=1S/C17H26N2O3/c20-13-5-4-10-18-16-8-11-19(12-9-16)17(22-14-21)15-6-2-1-3-7-15/h1-3,6-7,14,16-18,20H,4-5,8-13H2. The van der Waals surface area contributed by atoms with Crippen molar-refractivity contribution < 1.29 is 14.6 Å². The van der Waals surface area contributed by atoms with Crippen LogP contribution in [0.4, 0.5) is 0 Å². The number of carbonyl (C=O) groups is 1. The fourth-order valence-corrected chi connectivity index (χ4v) is 2.93. The van der Waals surface area contributed by atoms with E-state index in [0.717, 1.165) is 50.9 Å². The molecule has 1 heterocycles. The molecular weight excluding hydrogens is 280 g/mol. The van der Waals surface area contributed by atoms with Crippen LogP contribution in [-0.4, -0.2) is 48.8 Å². The number of ether oxygens (including phenoxy) is 1. The Morgan fingerprint density at radius 3 is 2.64 bits per heavy atom. The average molecular weight is 306 g/mol. The van der Waals surface area contributed by atoms with Gasteiger partial charge in [0.15, 0.2) is 6.23 Å². The molecule has 1 aromatic rings. The van der Waals surface area contributed by atoms with E-state index in [1.807, 2.05) is 30.3 Å². The average Bonchev–Trinajstić information content (AvgIpc) is 2.58. The first-order chi connectivity index (χ1) is 10.8. The van der Waals surface area contributed by atoms with Crippen molar-refractivity contribution in [2.24, 2.45) is 0 Å². The molecule has 1 aliphatic heterocycles. The van der Waals surface area contributed by atoms with Crippen molar-refractivity contribution in [1.82, 2.24) is 10.2 Å². The summed E-state index contributed by atoms with van der Waals surface area (Å²) in [5, 5.41) is 12.3. The Morgan fingerprint density at radius 2 is 2.00 bits per heavy atom. The zero-order valence-electron chi connectivity index (χ0n) is 13.0. The predicted octanol–water partition coefficient (Wildman–Crippen LogP) is 1.68. The molecule has 1 saturated heterocycles. The Bertz CT molecular complexity index is 419. The number of aliphatic hydroxyl groups is 1.